The monoisotopic (exact) mass is 269 g/mol. The van der Waals surface area contributed by atoms with Crippen LogP contribution in [0.1, 0.15) is 25.8 Å². The van der Waals surface area contributed by atoms with Crippen molar-refractivity contribution in [3.63, 3.8) is 0 Å². The summed E-state index contributed by atoms with van der Waals surface area (Å²) in [6.45, 7) is 3.17. The lowest BCUT2D eigenvalue weighted by molar-refractivity contribution is -0.385. The average Bonchev–Trinajstić information content (AvgIpc) is 2.36. The predicted octanol–water partition coefficient (Wildman–Crippen LogP) is 1.48. The second-order valence-corrected chi connectivity index (χ2v) is 4.40. The Labute approximate surface area is 109 Å². The highest BCUT2D eigenvalue weighted by Crippen LogP contribution is 2.22. The summed E-state index contributed by atoms with van der Waals surface area (Å²) in [5.74, 6) is -1.28. The predicted molar refractivity (Wildman–Crippen MR) is 67.8 cm³/mol. The number of hydrogen-bond acceptors (Lipinski definition) is 4. The number of benzene rings is 1. The molecule has 0 radical (unpaired) electrons. The number of rotatable bonds is 6. The van der Waals surface area contributed by atoms with E-state index in [2.05, 4.69) is 5.32 Å². The van der Waals surface area contributed by atoms with Gasteiger partial charge in [-0.05, 0) is 19.4 Å². The van der Waals surface area contributed by atoms with Crippen molar-refractivity contribution in [2.75, 3.05) is 0 Å². The fourth-order valence-electron chi connectivity index (χ4n) is 1.56. The topological polar surface area (TPSA) is 98.3 Å². The number of nitro groups is 1. The van der Waals surface area contributed by atoms with E-state index in [0.717, 1.165) is 6.07 Å². The van der Waals surface area contributed by atoms with Gasteiger partial charge in [0.15, 0.2) is 0 Å². The van der Waals surface area contributed by atoms with Gasteiger partial charge in [0.05, 0.1) is 16.0 Å². The SMILES string of the molecule is CC[C@@](C)(NCc1c(F)cccc1[N+](=O)[O-])C(N)=O. The number of primary amides is 1. The lowest BCUT2D eigenvalue weighted by Gasteiger charge is -2.26. The van der Waals surface area contributed by atoms with Crippen LogP contribution in [0.3, 0.4) is 0 Å². The first-order chi connectivity index (χ1) is 8.81. The molecule has 0 aromatic heterocycles. The van der Waals surface area contributed by atoms with Crippen LogP contribution in [0.4, 0.5) is 10.1 Å². The molecule has 1 aromatic carbocycles. The molecule has 1 atom stereocenters. The Hall–Kier alpha value is -2.02. The summed E-state index contributed by atoms with van der Waals surface area (Å²) in [5.41, 5.74) is 3.81. The molecule has 1 amide bonds. The maximum atomic E-state index is 13.6. The third kappa shape index (κ3) is 3.25. The molecule has 6 nitrogen and oxygen atoms in total. The molecule has 1 aromatic rings. The molecule has 0 fully saturated rings. The average molecular weight is 269 g/mol. The summed E-state index contributed by atoms with van der Waals surface area (Å²) >= 11 is 0. The quantitative estimate of drug-likeness (QED) is 0.603. The van der Waals surface area contributed by atoms with Gasteiger partial charge >= 0.3 is 0 Å². The number of hydrogen-bond donors (Lipinski definition) is 2. The van der Waals surface area contributed by atoms with E-state index < -0.39 is 22.2 Å². The molecule has 0 spiro atoms. The van der Waals surface area contributed by atoms with E-state index in [1.54, 1.807) is 13.8 Å². The van der Waals surface area contributed by atoms with Crippen LogP contribution in [0.5, 0.6) is 0 Å². The summed E-state index contributed by atoms with van der Waals surface area (Å²) in [6, 6.07) is 3.62. The summed E-state index contributed by atoms with van der Waals surface area (Å²) in [4.78, 5) is 21.5. The molecule has 104 valence electrons. The largest absolute Gasteiger partial charge is 0.368 e. The number of halogens is 1. The van der Waals surface area contributed by atoms with Crippen molar-refractivity contribution >= 4 is 11.6 Å². The fraction of sp³-hybridized carbons (Fsp3) is 0.417. The number of nitro benzene ring substituents is 1. The van der Waals surface area contributed by atoms with Crippen LogP contribution >= 0.6 is 0 Å². The van der Waals surface area contributed by atoms with Gasteiger partial charge in [0, 0.05) is 12.6 Å². The Morgan fingerprint density at radius 1 is 1.58 bits per heavy atom. The van der Waals surface area contributed by atoms with E-state index in [0.29, 0.717) is 6.42 Å². The van der Waals surface area contributed by atoms with Crippen molar-refractivity contribution in [3.8, 4) is 0 Å². The first kappa shape index (κ1) is 15.0. The molecule has 3 N–H and O–H groups in total. The van der Waals surface area contributed by atoms with Crippen molar-refractivity contribution < 1.29 is 14.1 Å². The minimum atomic E-state index is -1.03. The zero-order valence-electron chi connectivity index (χ0n) is 10.8. The summed E-state index contributed by atoms with van der Waals surface area (Å²) in [5, 5.41) is 13.6. The lowest BCUT2D eigenvalue weighted by Crippen LogP contribution is -2.52. The summed E-state index contributed by atoms with van der Waals surface area (Å²) in [6.07, 6.45) is 0.393. The van der Waals surface area contributed by atoms with Crippen LogP contribution in [-0.2, 0) is 11.3 Å². The minimum absolute atomic E-state index is 0.0894. The normalized spacial score (nSPS) is 13.8. The van der Waals surface area contributed by atoms with Crippen molar-refractivity contribution in [1.29, 1.82) is 0 Å². The Kier molecular flexibility index (Phi) is 4.55. The first-order valence-electron chi connectivity index (χ1n) is 5.78. The van der Waals surface area contributed by atoms with Gasteiger partial charge in [0.25, 0.3) is 5.69 Å². The van der Waals surface area contributed by atoms with Crippen molar-refractivity contribution in [2.24, 2.45) is 5.73 Å². The van der Waals surface area contributed by atoms with E-state index in [-0.39, 0.29) is 17.8 Å². The van der Waals surface area contributed by atoms with E-state index in [4.69, 9.17) is 5.73 Å². The van der Waals surface area contributed by atoms with E-state index in [1.807, 2.05) is 0 Å². The molecule has 0 unspecified atom stereocenters. The number of nitrogens with two attached hydrogens (primary N) is 1. The number of carbonyl (C=O) groups excluding carboxylic acids is 1. The van der Waals surface area contributed by atoms with Crippen LogP contribution in [0.15, 0.2) is 18.2 Å². The van der Waals surface area contributed by atoms with Gasteiger partial charge in [-0.25, -0.2) is 4.39 Å². The lowest BCUT2D eigenvalue weighted by atomic mass is 9.97. The number of nitrogens with zero attached hydrogens (tertiary/aromatic N) is 1. The van der Waals surface area contributed by atoms with Gasteiger partial charge in [-0.2, -0.15) is 0 Å². The second-order valence-electron chi connectivity index (χ2n) is 4.40. The Balaban J connectivity index is 3.01. The van der Waals surface area contributed by atoms with Gasteiger partial charge < -0.3 is 5.73 Å². The van der Waals surface area contributed by atoms with Gasteiger partial charge in [0.2, 0.25) is 5.91 Å². The van der Waals surface area contributed by atoms with E-state index >= 15 is 0 Å². The van der Waals surface area contributed by atoms with Crippen LogP contribution in [0.25, 0.3) is 0 Å². The highest BCUT2D eigenvalue weighted by molar-refractivity contribution is 5.84. The zero-order valence-corrected chi connectivity index (χ0v) is 10.8. The Morgan fingerprint density at radius 2 is 2.21 bits per heavy atom. The number of nitrogens with one attached hydrogen (secondary N) is 1. The molecule has 0 bridgehead atoms. The van der Waals surface area contributed by atoms with Crippen LogP contribution < -0.4 is 11.1 Å². The van der Waals surface area contributed by atoms with Crippen molar-refractivity contribution in [3.05, 3.63) is 39.7 Å². The molecular formula is C12H16FN3O3. The highest BCUT2D eigenvalue weighted by Gasteiger charge is 2.29. The third-order valence-electron chi connectivity index (χ3n) is 3.20. The summed E-state index contributed by atoms with van der Waals surface area (Å²) < 4.78 is 13.6. The molecule has 0 aliphatic rings. The fourth-order valence-corrected chi connectivity index (χ4v) is 1.56. The van der Waals surface area contributed by atoms with Crippen LogP contribution in [0, 0.1) is 15.9 Å². The molecule has 7 heteroatoms. The van der Waals surface area contributed by atoms with Crippen molar-refractivity contribution in [2.45, 2.75) is 32.4 Å². The molecule has 0 saturated heterocycles. The van der Waals surface area contributed by atoms with Crippen LogP contribution in [0.2, 0.25) is 0 Å². The zero-order chi connectivity index (χ0) is 14.6. The third-order valence-corrected chi connectivity index (χ3v) is 3.20. The smallest absolute Gasteiger partial charge is 0.276 e. The van der Waals surface area contributed by atoms with E-state index in [1.165, 1.54) is 12.1 Å². The molecule has 1 rings (SSSR count). The molecular weight excluding hydrogens is 253 g/mol. The molecule has 0 aliphatic heterocycles. The van der Waals surface area contributed by atoms with Crippen LogP contribution in [-0.4, -0.2) is 16.4 Å². The highest BCUT2D eigenvalue weighted by atomic mass is 19.1. The maximum Gasteiger partial charge on any atom is 0.276 e. The second kappa shape index (κ2) is 5.75. The van der Waals surface area contributed by atoms with Gasteiger partial charge in [-0.1, -0.05) is 13.0 Å². The minimum Gasteiger partial charge on any atom is -0.368 e. The molecule has 0 saturated carbocycles. The summed E-state index contributed by atoms with van der Waals surface area (Å²) in [7, 11) is 0. The maximum absolute atomic E-state index is 13.6. The Morgan fingerprint density at radius 3 is 2.68 bits per heavy atom. The molecule has 0 aliphatic carbocycles. The van der Waals surface area contributed by atoms with Gasteiger partial charge in [-0.3, -0.25) is 20.2 Å². The molecule has 0 heterocycles. The van der Waals surface area contributed by atoms with Gasteiger partial charge in [0.1, 0.15) is 5.82 Å². The van der Waals surface area contributed by atoms with E-state index in [9.17, 15) is 19.3 Å². The number of amides is 1. The molecule has 19 heavy (non-hydrogen) atoms. The standard InChI is InChI=1S/C12H16FN3O3/c1-3-12(2,11(14)17)15-7-8-9(13)5-4-6-10(8)16(18)19/h4-6,15H,3,7H2,1-2H3,(H2,14,17)/t12-/m1/s1. The van der Waals surface area contributed by atoms with Crippen molar-refractivity contribution in [1.82, 2.24) is 5.32 Å². The Bertz CT molecular complexity index is 507. The number of carbonyl (C=O) groups is 1. The van der Waals surface area contributed by atoms with Gasteiger partial charge in [-0.15, -0.1) is 0 Å². The first-order valence-corrected chi connectivity index (χ1v) is 5.78.